The van der Waals surface area contributed by atoms with Crippen LogP contribution >= 0.6 is 6.83 Å². The van der Waals surface area contributed by atoms with Crippen LogP contribution in [-0.4, -0.2) is 43.2 Å². The molecule has 0 spiro atoms. The Morgan fingerprint density at radius 2 is 1.32 bits per heavy atom. The standard InChI is InChI=1S/C21H44NO2P/c1-5-9-16-25(17-10-6-2,18-11-7-3,19-12-8-4)24-21(23)20-14-13-15-22-20/h20,22H,5-19H2,1-4H3/t20-/m0/s1. The summed E-state index contributed by atoms with van der Waals surface area (Å²) in [6, 6.07) is -0.0481. The van der Waals surface area contributed by atoms with Gasteiger partial charge in [-0.1, -0.05) is 0 Å². The van der Waals surface area contributed by atoms with Crippen molar-refractivity contribution in [2.24, 2.45) is 0 Å². The van der Waals surface area contributed by atoms with Gasteiger partial charge in [-0.3, -0.25) is 0 Å². The fourth-order valence-electron chi connectivity index (χ4n) is 4.29. The molecule has 0 unspecified atom stereocenters. The number of rotatable bonds is 14. The van der Waals surface area contributed by atoms with Gasteiger partial charge in [-0.05, 0) is 0 Å². The summed E-state index contributed by atoms with van der Waals surface area (Å²) < 4.78 is 6.75. The molecule has 0 aromatic heterocycles. The topological polar surface area (TPSA) is 38.3 Å². The summed E-state index contributed by atoms with van der Waals surface area (Å²) in [5.41, 5.74) is 0. The van der Waals surface area contributed by atoms with E-state index in [0.29, 0.717) is 0 Å². The van der Waals surface area contributed by atoms with E-state index in [0.717, 1.165) is 19.4 Å². The summed E-state index contributed by atoms with van der Waals surface area (Å²) in [5, 5.41) is 3.37. The molecule has 1 fully saturated rings. The van der Waals surface area contributed by atoms with Crippen LogP contribution in [0.4, 0.5) is 0 Å². The predicted octanol–water partition coefficient (Wildman–Crippen LogP) is 5.95. The fraction of sp³-hybridized carbons (Fsp3) is 0.952. The maximum absolute atomic E-state index is 13.1. The second kappa shape index (κ2) is 11.5. The van der Waals surface area contributed by atoms with Crippen LogP contribution < -0.4 is 5.32 Å². The molecule has 1 aliphatic heterocycles. The number of nitrogens with one attached hydrogen (secondary N) is 1. The van der Waals surface area contributed by atoms with Crippen LogP contribution in [0.2, 0.25) is 0 Å². The van der Waals surface area contributed by atoms with Crippen molar-refractivity contribution in [1.29, 1.82) is 0 Å². The van der Waals surface area contributed by atoms with Gasteiger partial charge in [-0.25, -0.2) is 0 Å². The summed E-state index contributed by atoms with van der Waals surface area (Å²) in [6.07, 6.45) is 16.3. The second-order valence-electron chi connectivity index (χ2n) is 8.23. The third kappa shape index (κ3) is 6.83. The molecule has 1 N–H and O–H groups in total. The van der Waals surface area contributed by atoms with Gasteiger partial charge in [0.15, 0.2) is 0 Å². The molecule has 1 rings (SSSR count). The van der Waals surface area contributed by atoms with Crippen molar-refractivity contribution in [1.82, 2.24) is 5.32 Å². The average molecular weight is 374 g/mol. The van der Waals surface area contributed by atoms with Crippen LogP contribution in [0.3, 0.4) is 0 Å². The van der Waals surface area contributed by atoms with Crippen molar-refractivity contribution in [3.8, 4) is 0 Å². The third-order valence-corrected chi connectivity index (χ3v) is 12.5. The van der Waals surface area contributed by atoms with E-state index in [1.807, 2.05) is 0 Å². The van der Waals surface area contributed by atoms with Crippen molar-refractivity contribution < 1.29 is 9.32 Å². The Morgan fingerprint density at radius 3 is 1.64 bits per heavy atom. The van der Waals surface area contributed by atoms with Gasteiger partial charge in [0.05, 0.1) is 0 Å². The van der Waals surface area contributed by atoms with E-state index < -0.39 is 6.83 Å². The van der Waals surface area contributed by atoms with Crippen LogP contribution in [0.5, 0.6) is 0 Å². The van der Waals surface area contributed by atoms with E-state index in [2.05, 4.69) is 33.0 Å². The summed E-state index contributed by atoms with van der Waals surface area (Å²) in [7, 11) is 0. The Labute approximate surface area is 157 Å². The molecule has 0 aliphatic carbocycles. The third-order valence-electron chi connectivity index (χ3n) is 6.00. The minimum atomic E-state index is -2.45. The molecule has 0 bridgehead atoms. The van der Waals surface area contributed by atoms with E-state index in [1.165, 1.54) is 76.0 Å². The molecular weight excluding hydrogens is 329 g/mol. The summed E-state index contributed by atoms with van der Waals surface area (Å²) in [6.45, 7) is 7.59. The summed E-state index contributed by atoms with van der Waals surface area (Å²) in [4.78, 5) is 13.1. The molecule has 1 saturated heterocycles. The molecule has 0 aromatic carbocycles. The van der Waals surface area contributed by atoms with Gasteiger partial charge in [0, 0.05) is 0 Å². The van der Waals surface area contributed by atoms with Gasteiger partial charge in [0.2, 0.25) is 0 Å². The van der Waals surface area contributed by atoms with Gasteiger partial charge >= 0.3 is 157 Å². The second-order valence-corrected chi connectivity index (χ2v) is 13.9. The van der Waals surface area contributed by atoms with E-state index in [-0.39, 0.29) is 12.0 Å². The monoisotopic (exact) mass is 373 g/mol. The number of carbonyl (C=O) groups excluding carboxylic acids is 1. The molecule has 0 radical (unpaired) electrons. The minimum absolute atomic E-state index is 0.0481. The first-order chi connectivity index (χ1) is 12.0. The molecule has 1 aliphatic rings. The van der Waals surface area contributed by atoms with Crippen molar-refractivity contribution in [2.75, 3.05) is 31.2 Å². The van der Waals surface area contributed by atoms with E-state index in [9.17, 15) is 4.79 Å². The molecular formula is C21H44NO2P. The first kappa shape index (κ1) is 22.9. The summed E-state index contributed by atoms with van der Waals surface area (Å²) >= 11 is 0. The van der Waals surface area contributed by atoms with Gasteiger partial charge in [-0.15, -0.1) is 0 Å². The molecule has 1 heterocycles. The maximum atomic E-state index is 13.1. The average Bonchev–Trinajstić information content (AvgIpc) is 3.17. The Bertz CT molecular complexity index is 337. The van der Waals surface area contributed by atoms with Crippen molar-refractivity contribution in [3.05, 3.63) is 0 Å². The van der Waals surface area contributed by atoms with Gasteiger partial charge in [0.1, 0.15) is 0 Å². The van der Waals surface area contributed by atoms with E-state index in [1.54, 1.807) is 0 Å². The Kier molecular flexibility index (Phi) is 10.6. The Balaban J connectivity index is 3.13. The first-order valence-electron chi connectivity index (χ1n) is 11.0. The molecule has 4 heteroatoms. The van der Waals surface area contributed by atoms with Gasteiger partial charge in [0.25, 0.3) is 0 Å². The quantitative estimate of drug-likeness (QED) is 0.382. The molecule has 25 heavy (non-hydrogen) atoms. The number of hydrogen-bond acceptors (Lipinski definition) is 3. The zero-order valence-electron chi connectivity index (χ0n) is 17.4. The molecule has 1 atom stereocenters. The fourth-order valence-corrected chi connectivity index (χ4v) is 11.1. The Hall–Kier alpha value is -0.140. The van der Waals surface area contributed by atoms with Crippen LogP contribution in [0.25, 0.3) is 0 Å². The van der Waals surface area contributed by atoms with Crippen LogP contribution in [0.1, 0.15) is 91.9 Å². The number of hydrogen-bond donors (Lipinski definition) is 1. The zero-order valence-corrected chi connectivity index (χ0v) is 18.3. The van der Waals surface area contributed by atoms with E-state index >= 15 is 0 Å². The predicted molar refractivity (Wildman–Crippen MR) is 113 cm³/mol. The van der Waals surface area contributed by atoms with Crippen LogP contribution in [0, 0.1) is 0 Å². The number of unbranched alkanes of at least 4 members (excludes halogenated alkanes) is 4. The Morgan fingerprint density at radius 1 is 0.880 bits per heavy atom. The molecule has 0 aromatic rings. The van der Waals surface area contributed by atoms with Gasteiger partial charge in [-0.2, -0.15) is 0 Å². The number of carbonyl (C=O) groups is 1. The van der Waals surface area contributed by atoms with Crippen molar-refractivity contribution >= 4 is 12.8 Å². The van der Waals surface area contributed by atoms with E-state index in [4.69, 9.17) is 4.52 Å². The van der Waals surface area contributed by atoms with Gasteiger partial charge < -0.3 is 0 Å². The molecule has 150 valence electrons. The summed E-state index contributed by atoms with van der Waals surface area (Å²) in [5.74, 6) is 0.0783. The first-order valence-corrected chi connectivity index (χ1v) is 13.9. The van der Waals surface area contributed by atoms with Crippen LogP contribution in [-0.2, 0) is 9.32 Å². The normalized spacial score (nSPS) is 19.5. The van der Waals surface area contributed by atoms with Crippen molar-refractivity contribution in [3.63, 3.8) is 0 Å². The van der Waals surface area contributed by atoms with Crippen molar-refractivity contribution in [2.45, 2.75) is 97.9 Å². The molecule has 0 amide bonds. The molecule has 3 nitrogen and oxygen atoms in total. The molecule has 0 saturated carbocycles. The zero-order chi connectivity index (χ0) is 18.6. The SMILES string of the molecule is CCCCP(CCCC)(CCCC)(CCCC)OC(=O)[C@@H]1CCCN1. The van der Waals surface area contributed by atoms with Crippen LogP contribution in [0.15, 0.2) is 0 Å².